The molecule has 0 N–H and O–H groups in total. The summed E-state index contributed by atoms with van der Waals surface area (Å²) in [5, 5.41) is 0. The van der Waals surface area contributed by atoms with Gasteiger partial charge in [0.25, 0.3) is 0 Å². The van der Waals surface area contributed by atoms with Crippen LogP contribution in [-0.2, 0) is 0 Å². The van der Waals surface area contributed by atoms with Gasteiger partial charge in [-0.15, -0.1) is 0 Å². The van der Waals surface area contributed by atoms with E-state index >= 15 is 0 Å². The maximum Gasteiger partial charge on any atom is -0.0322 e. The van der Waals surface area contributed by atoms with Gasteiger partial charge in [-0.2, -0.15) is 0 Å². The number of allylic oxidation sites excluding steroid dienone is 2. The zero-order valence-electron chi connectivity index (χ0n) is 6.84. The van der Waals surface area contributed by atoms with Gasteiger partial charge in [-0.1, -0.05) is 25.5 Å². The molecule has 0 aromatic heterocycles. The Morgan fingerprint density at radius 1 is 1.20 bits per heavy atom. The minimum absolute atomic E-state index is 0.666. The summed E-state index contributed by atoms with van der Waals surface area (Å²) in [6.07, 6.45) is 9.72. The lowest BCUT2D eigenvalue weighted by Crippen LogP contribution is -2.01. The van der Waals surface area contributed by atoms with Gasteiger partial charge in [0.05, 0.1) is 0 Å². The van der Waals surface area contributed by atoms with E-state index in [2.05, 4.69) is 26.0 Å². The van der Waals surface area contributed by atoms with Gasteiger partial charge in [0.2, 0.25) is 0 Å². The van der Waals surface area contributed by atoms with Gasteiger partial charge in [0, 0.05) is 0 Å². The third-order valence-electron chi connectivity index (χ3n) is 2.24. The van der Waals surface area contributed by atoms with Crippen molar-refractivity contribution in [3.8, 4) is 0 Å². The molecule has 0 bridgehead atoms. The third kappa shape index (κ3) is 2.55. The fourth-order valence-corrected chi connectivity index (χ4v) is 1.37. The lowest BCUT2D eigenvalue weighted by Gasteiger charge is -2.15. The summed E-state index contributed by atoms with van der Waals surface area (Å²) >= 11 is 0. The van der Waals surface area contributed by atoms with E-state index in [0.717, 1.165) is 5.92 Å². The maximum atomic E-state index is 4.08. The Hall–Kier alpha value is -0.260. The van der Waals surface area contributed by atoms with Crippen LogP contribution in [0.15, 0.2) is 12.2 Å². The van der Waals surface area contributed by atoms with Crippen molar-refractivity contribution in [2.75, 3.05) is 0 Å². The van der Waals surface area contributed by atoms with Gasteiger partial charge in [-0.05, 0) is 38.0 Å². The van der Waals surface area contributed by atoms with Crippen LogP contribution in [-0.4, -0.2) is 0 Å². The van der Waals surface area contributed by atoms with Gasteiger partial charge >= 0.3 is 0 Å². The minimum Gasteiger partial charge on any atom is -0.0883 e. The molecule has 0 aromatic carbocycles. The summed E-state index contributed by atoms with van der Waals surface area (Å²) in [6, 6.07) is 0. The largest absolute Gasteiger partial charge is 0.0883 e. The van der Waals surface area contributed by atoms with Crippen molar-refractivity contribution < 1.29 is 0 Å². The Morgan fingerprint density at radius 3 is 2.70 bits per heavy atom. The van der Waals surface area contributed by atoms with Crippen molar-refractivity contribution in [1.82, 2.24) is 0 Å². The fourth-order valence-electron chi connectivity index (χ4n) is 1.37. The molecule has 0 aromatic rings. The van der Waals surface area contributed by atoms with Crippen LogP contribution in [0.3, 0.4) is 0 Å². The SMILES string of the molecule is [CH2]C1C/C=C\CC(C)CC1. The van der Waals surface area contributed by atoms with Crippen molar-refractivity contribution in [1.29, 1.82) is 0 Å². The summed E-state index contributed by atoms with van der Waals surface area (Å²) < 4.78 is 0. The van der Waals surface area contributed by atoms with Crippen LogP contribution >= 0.6 is 0 Å². The number of hydrogen-bond donors (Lipinski definition) is 0. The minimum atomic E-state index is 0.666. The zero-order chi connectivity index (χ0) is 7.40. The summed E-state index contributed by atoms with van der Waals surface area (Å²) in [4.78, 5) is 0. The average Bonchev–Trinajstić information content (AvgIpc) is 1.90. The van der Waals surface area contributed by atoms with E-state index < -0.39 is 0 Å². The first-order chi connectivity index (χ1) is 4.79. The Bertz CT molecular complexity index is 99.2. The molecule has 0 heteroatoms. The van der Waals surface area contributed by atoms with Crippen molar-refractivity contribution in [2.24, 2.45) is 11.8 Å². The standard InChI is InChI=1S/C10H17/c1-9-5-3-4-6-10(2)8-7-9/h3-4,9-10H,1,5-8H2,2H3/b4-3-. The molecule has 2 unspecified atom stereocenters. The molecule has 1 aliphatic carbocycles. The molecule has 0 amide bonds. The molecule has 57 valence electrons. The van der Waals surface area contributed by atoms with Crippen molar-refractivity contribution in [3.63, 3.8) is 0 Å². The Morgan fingerprint density at radius 2 is 1.90 bits per heavy atom. The Labute approximate surface area is 64.3 Å². The van der Waals surface area contributed by atoms with E-state index in [4.69, 9.17) is 0 Å². The van der Waals surface area contributed by atoms with Crippen LogP contribution < -0.4 is 0 Å². The van der Waals surface area contributed by atoms with Gasteiger partial charge < -0.3 is 0 Å². The van der Waals surface area contributed by atoms with E-state index in [-0.39, 0.29) is 0 Å². The molecular weight excluding hydrogens is 120 g/mol. The van der Waals surface area contributed by atoms with E-state index in [0.29, 0.717) is 5.92 Å². The highest BCUT2D eigenvalue weighted by Crippen LogP contribution is 2.20. The molecule has 0 spiro atoms. The molecule has 0 fully saturated rings. The highest BCUT2D eigenvalue weighted by molar-refractivity contribution is 4.88. The van der Waals surface area contributed by atoms with Gasteiger partial charge in [-0.3, -0.25) is 0 Å². The van der Waals surface area contributed by atoms with Crippen LogP contribution in [0.4, 0.5) is 0 Å². The van der Waals surface area contributed by atoms with Crippen molar-refractivity contribution in [2.45, 2.75) is 32.6 Å². The van der Waals surface area contributed by atoms with Crippen LogP contribution in [0.1, 0.15) is 32.6 Å². The molecule has 0 saturated heterocycles. The summed E-state index contributed by atoms with van der Waals surface area (Å²) in [5.74, 6) is 1.54. The second kappa shape index (κ2) is 3.80. The molecule has 0 aliphatic heterocycles. The van der Waals surface area contributed by atoms with Crippen molar-refractivity contribution >= 4 is 0 Å². The van der Waals surface area contributed by atoms with Gasteiger partial charge in [-0.25, -0.2) is 0 Å². The molecule has 10 heavy (non-hydrogen) atoms. The topological polar surface area (TPSA) is 0 Å². The van der Waals surface area contributed by atoms with Crippen molar-refractivity contribution in [3.05, 3.63) is 19.1 Å². The summed E-state index contributed by atoms with van der Waals surface area (Å²) in [7, 11) is 0. The third-order valence-corrected chi connectivity index (χ3v) is 2.24. The monoisotopic (exact) mass is 137 g/mol. The van der Waals surface area contributed by atoms with Gasteiger partial charge in [0.15, 0.2) is 0 Å². The second-order valence-corrected chi connectivity index (χ2v) is 3.49. The molecule has 0 heterocycles. The first-order valence-corrected chi connectivity index (χ1v) is 4.27. The van der Waals surface area contributed by atoms with Crippen LogP contribution in [0.2, 0.25) is 0 Å². The highest BCUT2D eigenvalue weighted by atomic mass is 14.1. The smallest absolute Gasteiger partial charge is 0.0322 e. The number of rotatable bonds is 0. The average molecular weight is 137 g/mol. The lowest BCUT2D eigenvalue weighted by atomic mass is 9.91. The first kappa shape index (κ1) is 7.84. The van der Waals surface area contributed by atoms with Gasteiger partial charge in [0.1, 0.15) is 0 Å². The summed E-state index contributed by atoms with van der Waals surface area (Å²) in [6.45, 7) is 6.40. The first-order valence-electron chi connectivity index (χ1n) is 4.27. The molecule has 1 aliphatic rings. The van der Waals surface area contributed by atoms with E-state index in [9.17, 15) is 0 Å². The molecule has 2 atom stereocenters. The predicted octanol–water partition coefficient (Wildman–Crippen LogP) is 3.20. The maximum absolute atomic E-state index is 4.08. The molecule has 0 nitrogen and oxygen atoms in total. The second-order valence-electron chi connectivity index (χ2n) is 3.49. The molecule has 1 rings (SSSR count). The zero-order valence-corrected chi connectivity index (χ0v) is 6.84. The van der Waals surface area contributed by atoms with E-state index in [1.807, 2.05) is 0 Å². The highest BCUT2D eigenvalue weighted by Gasteiger charge is 2.06. The lowest BCUT2D eigenvalue weighted by molar-refractivity contribution is 0.447. The quantitative estimate of drug-likeness (QED) is 0.450. The fraction of sp³-hybridized carbons (Fsp3) is 0.700. The van der Waals surface area contributed by atoms with Crippen LogP contribution in [0.25, 0.3) is 0 Å². The normalized spacial score (nSPS) is 38.2. The van der Waals surface area contributed by atoms with E-state index in [1.165, 1.54) is 25.7 Å². The Kier molecular flexibility index (Phi) is 2.98. The van der Waals surface area contributed by atoms with Crippen LogP contribution in [0.5, 0.6) is 0 Å². The van der Waals surface area contributed by atoms with E-state index in [1.54, 1.807) is 0 Å². The predicted molar refractivity (Wildman–Crippen MR) is 45.6 cm³/mol. The summed E-state index contributed by atoms with van der Waals surface area (Å²) in [5.41, 5.74) is 0. The number of hydrogen-bond acceptors (Lipinski definition) is 0. The molecule has 1 radical (unpaired) electrons. The molecule has 0 saturated carbocycles. The molecular formula is C10H17. The Balaban J connectivity index is 2.37. The van der Waals surface area contributed by atoms with Crippen LogP contribution in [0, 0.1) is 18.8 Å².